The number of esters is 1. The number of furan rings is 1. The van der Waals surface area contributed by atoms with Crippen LogP contribution in [0.15, 0.2) is 40.8 Å². The topological polar surface area (TPSA) is 60.7 Å². The third-order valence-corrected chi connectivity index (χ3v) is 2.74. The Kier molecular flexibility index (Phi) is 4.90. The lowest BCUT2D eigenvalue weighted by molar-refractivity contribution is -0.142. The van der Waals surface area contributed by atoms with E-state index in [9.17, 15) is 4.79 Å². The molecule has 1 aromatic heterocycles. The number of ether oxygens (including phenoxy) is 2. The van der Waals surface area contributed by atoms with E-state index in [4.69, 9.17) is 20.8 Å². The van der Waals surface area contributed by atoms with Gasteiger partial charge >= 0.3 is 5.97 Å². The van der Waals surface area contributed by atoms with Crippen molar-refractivity contribution in [3.8, 4) is 5.75 Å². The molecule has 1 heterocycles. The first-order chi connectivity index (χ1) is 9.67. The molecule has 0 spiro atoms. The second-order valence-electron chi connectivity index (χ2n) is 3.95. The molecule has 2 rings (SSSR count). The van der Waals surface area contributed by atoms with Gasteiger partial charge in [0.15, 0.2) is 11.8 Å². The Balaban J connectivity index is 1.83. The summed E-state index contributed by atoms with van der Waals surface area (Å²) in [6.07, 6.45) is 0. The third-order valence-electron chi connectivity index (χ3n) is 2.53. The SMILES string of the molecule is COC(=O)COc1ccc(NCc2ccc(Cl)o2)cc1. The quantitative estimate of drug-likeness (QED) is 0.830. The summed E-state index contributed by atoms with van der Waals surface area (Å²) in [5, 5.41) is 3.55. The van der Waals surface area contributed by atoms with Crippen molar-refractivity contribution in [1.29, 1.82) is 0 Å². The van der Waals surface area contributed by atoms with E-state index >= 15 is 0 Å². The minimum atomic E-state index is -0.415. The monoisotopic (exact) mass is 295 g/mol. The Bertz CT molecular complexity index is 565. The first-order valence-corrected chi connectivity index (χ1v) is 6.33. The maximum absolute atomic E-state index is 10.9. The molecule has 2 aromatic rings. The molecule has 0 amide bonds. The van der Waals surface area contributed by atoms with Gasteiger partial charge in [-0.1, -0.05) is 0 Å². The molecular weight excluding hydrogens is 282 g/mol. The van der Waals surface area contributed by atoms with Gasteiger partial charge in [-0.15, -0.1) is 0 Å². The third kappa shape index (κ3) is 4.20. The minimum absolute atomic E-state index is 0.103. The van der Waals surface area contributed by atoms with Crippen LogP contribution in [0, 0.1) is 0 Å². The molecule has 0 aliphatic rings. The zero-order chi connectivity index (χ0) is 14.4. The Morgan fingerprint density at radius 1 is 1.25 bits per heavy atom. The van der Waals surface area contributed by atoms with Crippen molar-refractivity contribution in [2.24, 2.45) is 0 Å². The van der Waals surface area contributed by atoms with Crippen LogP contribution in [0.1, 0.15) is 5.76 Å². The average Bonchev–Trinajstić information content (AvgIpc) is 2.89. The van der Waals surface area contributed by atoms with E-state index in [-0.39, 0.29) is 6.61 Å². The van der Waals surface area contributed by atoms with E-state index in [0.29, 0.717) is 17.5 Å². The number of carbonyl (C=O) groups excluding carboxylic acids is 1. The van der Waals surface area contributed by atoms with Crippen molar-refractivity contribution in [1.82, 2.24) is 0 Å². The molecule has 0 radical (unpaired) electrons. The van der Waals surface area contributed by atoms with E-state index in [1.165, 1.54) is 7.11 Å². The highest BCUT2D eigenvalue weighted by atomic mass is 35.5. The van der Waals surface area contributed by atoms with Gasteiger partial charge in [-0.05, 0) is 48.0 Å². The summed E-state index contributed by atoms with van der Waals surface area (Å²) in [6, 6.07) is 10.7. The van der Waals surface area contributed by atoms with Crippen LogP contribution in [0.25, 0.3) is 0 Å². The number of benzene rings is 1. The fraction of sp³-hybridized carbons (Fsp3) is 0.214. The molecule has 106 valence electrons. The van der Waals surface area contributed by atoms with Crippen LogP contribution < -0.4 is 10.1 Å². The number of halogens is 1. The van der Waals surface area contributed by atoms with E-state index in [1.54, 1.807) is 18.2 Å². The van der Waals surface area contributed by atoms with Gasteiger partial charge in [0.05, 0.1) is 13.7 Å². The van der Waals surface area contributed by atoms with Crippen LogP contribution in [-0.2, 0) is 16.1 Å². The lowest BCUT2D eigenvalue weighted by Gasteiger charge is -2.07. The van der Waals surface area contributed by atoms with Gasteiger partial charge in [0, 0.05) is 5.69 Å². The first-order valence-electron chi connectivity index (χ1n) is 5.95. The first kappa shape index (κ1) is 14.3. The molecule has 0 bridgehead atoms. The molecule has 0 saturated heterocycles. The van der Waals surface area contributed by atoms with Crippen molar-refractivity contribution >= 4 is 23.3 Å². The van der Waals surface area contributed by atoms with E-state index in [2.05, 4.69) is 10.1 Å². The van der Waals surface area contributed by atoms with Gasteiger partial charge < -0.3 is 19.2 Å². The summed E-state index contributed by atoms with van der Waals surface area (Å²) < 4.78 is 15.0. The fourth-order valence-corrected chi connectivity index (χ4v) is 1.67. The fourth-order valence-electron chi connectivity index (χ4n) is 1.51. The van der Waals surface area contributed by atoms with Crippen LogP contribution in [0.2, 0.25) is 5.22 Å². The molecule has 0 fully saturated rings. The Hall–Kier alpha value is -2.14. The molecule has 1 aromatic carbocycles. The average molecular weight is 296 g/mol. The van der Waals surface area contributed by atoms with Crippen molar-refractivity contribution < 1.29 is 18.7 Å². The molecule has 20 heavy (non-hydrogen) atoms. The van der Waals surface area contributed by atoms with Crippen molar-refractivity contribution in [3.05, 3.63) is 47.4 Å². The second kappa shape index (κ2) is 6.86. The number of methoxy groups -OCH3 is 1. The highest BCUT2D eigenvalue weighted by molar-refractivity contribution is 6.28. The minimum Gasteiger partial charge on any atom is -0.482 e. The van der Waals surface area contributed by atoms with Gasteiger partial charge in [0.2, 0.25) is 0 Å². The lowest BCUT2D eigenvalue weighted by atomic mass is 10.3. The molecule has 0 aliphatic heterocycles. The lowest BCUT2D eigenvalue weighted by Crippen LogP contribution is -2.12. The van der Waals surface area contributed by atoms with Crippen LogP contribution >= 0.6 is 11.6 Å². The van der Waals surface area contributed by atoms with Crippen LogP contribution in [0.5, 0.6) is 5.75 Å². The predicted octanol–water partition coefficient (Wildman–Crippen LogP) is 3.10. The van der Waals surface area contributed by atoms with Crippen LogP contribution in [0.4, 0.5) is 5.69 Å². The van der Waals surface area contributed by atoms with Crippen LogP contribution in [0.3, 0.4) is 0 Å². The molecule has 0 atom stereocenters. The maximum atomic E-state index is 10.9. The molecule has 0 aliphatic carbocycles. The number of hydrogen-bond acceptors (Lipinski definition) is 5. The van der Waals surface area contributed by atoms with Crippen molar-refractivity contribution in [3.63, 3.8) is 0 Å². The van der Waals surface area contributed by atoms with Gasteiger partial charge in [0.25, 0.3) is 0 Å². The molecular formula is C14H14ClNO4. The standard InChI is InChI=1S/C14H14ClNO4/c1-18-14(17)9-19-11-4-2-10(3-5-11)16-8-12-6-7-13(15)20-12/h2-7,16H,8-9H2,1H3. The number of nitrogens with one attached hydrogen (secondary N) is 1. The molecule has 6 heteroatoms. The number of hydrogen-bond donors (Lipinski definition) is 1. The van der Waals surface area contributed by atoms with Gasteiger partial charge in [-0.3, -0.25) is 0 Å². The maximum Gasteiger partial charge on any atom is 0.343 e. The van der Waals surface area contributed by atoms with Crippen molar-refractivity contribution in [2.45, 2.75) is 6.54 Å². The number of carbonyl (C=O) groups is 1. The molecule has 0 unspecified atom stereocenters. The Labute approximate surface area is 121 Å². The molecule has 0 saturated carbocycles. The Morgan fingerprint density at radius 3 is 2.60 bits per heavy atom. The number of anilines is 1. The number of rotatable bonds is 6. The van der Waals surface area contributed by atoms with Gasteiger partial charge in [-0.2, -0.15) is 0 Å². The Morgan fingerprint density at radius 2 is 2.00 bits per heavy atom. The predicted molar refractivity (Wildman–Crippen MR) is 75.0 cm³/mol. The van der Waals surface area contributed by atoms with Gasteiger partial charge in [0.1, 0.15) is 11.5 Å². The molecule has 5 nitrogen and oxygen atoms in total. The second-order valence-corrected chi connectivity index (χ2v) is 4.32. The zero-order valence-corrected chi connectivity index (χ0v) is 11.6. The zero-order valence-electron chi connectivity index (χ0n) is 10.9. The summed E-state index contributed by atoms with van der Waals surface area (Å²) in [7, 11) is 1.32. The summed E-state index contributed by atoms with van der Waals surface area (Å²) in [4.78, 5) is 10.9. The van der Waals surface area contributed by atoms with Gasteiger partial charge in [-0.25, -0.2) is 4.79 Å². The summed E-state index contributed by atoms with van der Waals surface area (Å²) in [6.45, 7) is 0.434. The largest absolute Gasteiger partial charge is 0.482 e. The van der Waals surface area contributed by atoms with Crippen molar-refractivity contribution in [2.75, 3.05) is 19.0 Å². The smallest absolute Gasteiger partial charge is 0.343 e. The van der Waals surface area contributed by atoms with E-state index in [0.717, 1.165) is 11.4 Å². The van der Waals surface area contributed by atoms with E-state index in [1.807, 2.05) is 18.2 Å². The molecule has 1 N–H and O–H groups in total. The van der Waals surface area contributed by atoms with Crippen LogP contribution in [-0.4, -0.2) is 19.7 Å². The highest BCUT2D eigenvalue weighted by Crippen LogP contribution is 2.18. The van der Waals surface area contributed by atoms with E-state index < -0.39 is 5.97 Å². The highest BCUT2D eigenvalue weighted by Gasteiger charge is 2.02. The normalized spacial score (nSPS) is 10.1. The summed E-state index contributed by atoms with van der Waals surface area (Å²) >= 11 is 5.69. The summed E-state index contributed by atoms with van der Waals surface area (Å²) in [5.74, 6) is 0.935. The summed E-state index contributed by atoms with van der Waals surface area (Å²) in [5.41, 5.74) is 0.906.